The van der Waals surface area contributed by atoms with Gasteiger partial charge in [-0.3, -0.25) is 4.79 Å². The molecule has 4 rings (SSSR count). The number of fused-ring (bicyclic) bond motifs is 2. The minimum absolute atomic E-state index is 0.0327. The van der Waals surface area contributed by atoms with Gasteiger partial charge in [0.15, 0.2) is 0 Å². The number of anilines is 1. The molecular formula is C19H20N4O. The number of imidazole rings is 1. The van der Waals surface area contributed by atoms with Gasteiger partial charge in [0, 0.05) is 37.9 Å². The average Bonchev–Trinajstić information content (AvgIpc) is 2.87. The largest absolute Gasteiger partial charge is 0.334 e. The fourth-order valence-corrected chi connectivity index (χ4v) is 3.30. The molecule has 0 bridgehead atoms. The van der Waals surface area contributed by atoms with Gasteiger partial charge in [0.25, 0.3) is 5.91 Å². The van der Waals surface area contributed by atoms with Gasteiger partial charge in [0.1, 0.15) is 0 Å². The van der Waals surface area contributed by atoms with Crippen LogP contribution in [0.25, 0.3) is 11.0 Å². The van der Waals surface area contributed by atoms with E-state index in [9.17, 15) is 4.79 Å². The van der Waals surface area contributed by atoms with Crippen molar-refractivity contribution >= 4 is 22.6 Å². The van der Waals surface area contributed by atoms with Crippen molar-refractivity contribution in [2.45, 2.75) is 6.54 Å². The molecule has 5 nitrogen and oxygen atoms in total. The van der Waals surface area contributed by atoms with Crippen molar-refractivity contribution in [2.75, 3.05) is 25.0 Å². The van der Waals surface area contributed by atoms with E-state index in [4.69, 9.17) is 0 Å². The molecule has 0 saturated heterocycles. The zero-order valence-corrected chi connectivity index (χ0v) is 13.9. The number of carbonyl (C=O) groups is 1. The molecule has 1 aliphatic rings. The van der Waals surface area contributed by atoms with E-state index >= 15 is 0 Å². The van der Waals surface area contributed by atoms with Gasteiger partial charge in [0.2, 0.25) is 0 Å². The lowest BCUT2D eigenvalue weighted by atomic mass is 10.1. The SMILES string of the molecule is CN1CCN(C(=O)c2ccc3c(c2)ncn3C)c2ccccc2C1. The van der Waals surface area contributed by atoms with Crippen LogP contribution < -0.4 is 4.90 Å². The quantitative estimate of drug-likeness (QED) is 0.692. The monoisotopic (exact) mass is 320 g/mol. The summed E-state index contributed by atoms with van der Waals surface area (Å²) >= 11 is 0. The van der Waals surface area contributed by atoms with Crippen LogP contribution in [0.1, 0.15) is 15.9 Å². The van der Waals surface area contributed by atoms with E-state index in [1.165, 1.54) is 5.56 Å². The predicted octanol–water partition coefficient (Wildman–Crippen LogP) is 2.67. The molecular weight excluding hydrogens is 300 g/mol. The second-order valence-corrected chi connectivity index (χ2v) is 6.38. The van der Waals surface area contributed by atoms with Crippen molar-refractivity contribution in [3.05, 3.63) is 59.9 Å². The zero-order valence-electron chi connectivity index (χ0n) is 13.9. The highest BCUT2D eigenvalue weighted by atomic mass is 16.2. The van der Waals surface area contributed by atoms with Gasteiger partial charge in [-0.05, 0) is 36.9 Å². The van der Waals surface area contributed by atoms with Crippen molar-refractivity contribution in [1.29, 1.82) is 0 Å². The molecule has 122 valence electrons. The molecule has 0 unspecified atom stereocenters. The van der Waals surface area contributed by atoms with Crippen LogP contribution >= 0.6 is 0 Å². The second-order valence-electron chi connectivity index (χ2n) is 6.38. The first-order valence-corrected chi connectivity index (χ1v) is 8.13. The first-order valence-electron chi connectivity index (χ1n) is 8.13. The summed E-state index contributed by atoms with van der Waals surface area (Å²) in [6, 6.07) is 13.9. The van der Waals surface area contributed by atoms with E-state index in [-0.39, 0.29) is 5.91 Å². The maximum Gasteiger partial charge on any atom is 0.258 e. The molecule has 0 spiro atoms. The van der Waals surface area contributed by atoms with Crippen LogP contribution in [0.3, 0.4) is 0 Å². The molecule has 1 aliphatic heterocycles. The molecule has 0 N–H and O–H groups in total. The fraction of sp³-hybridized carbons (Fsp3) is 0.263. The molecule has 5 heteroatoms. The first kappa shape index (κ1) is 14.9. The number of aromatic nitrogens is 2. The lowest BCUT2D eigenvalue weighted by Gasteiger charge is -2.22. The second kappa shape index (κ2) is 5.76. The third kappa shape index (κ3) is 2.47. The van der Waals surface area contributed by atoms with Gasteiger partial charge in [-0.2, -0.15) is 0 Å². The number of carbonyl (C=O) groups excluding carboxylic acids is 1. The summed E-state index contributed by atoms with van der Waals surface area (Å²) in [5, 5.41) is 0. The van der Waals surface area contributed by atoms with Crippen molar-refractivity contribution in [3.8, 4) is 0 Å². The fourth-order valence-electron chi connectivity index (χ4n) is 3.30. The van der Waals surface area contributed by atoms with E-state index in [1.54, 1.807) is 6.33 Å². The normalized spacial score (nSPS) is 15.3. The Kier molecular flexibility index (Phi) is 3.58. The summed E-state index contributed by atoms with van der Waals surface area (Å²) in [5.41, 5.74) is 4.75. The van der Waals surface area contributed by atoms with Crippen molar-refractivity contribution < 1.29 is 4.79 Å². The Bertz CT molecular complexity index is 915. The topological polar surface area (TPSA) is 41.4 Å². The van der Waals surface area contributed by atoms with Crippen LogP contribution in [0.15, 0.2) is 48.8 Å². The minimum Gasteiger partial charge on any atom is -0.334 e. The van der Waals surface area contributed by atoms with Gasteiger partial charge in [-0.1, -0.05) is 18.2 Å². The van der Waals surface area contributed by atoms with E-state index in [0.29, 0.717) is 12.1 Å². The number of nitrogens with zero attached hydrogens (tertiary/aromatic N) is 4. The van der Waals surface area contributed by atoms with Crippen LogP contribution in [0.5, 0.6) is 0 Å². The minimum atomic E-state index is 0.0327. The number of hydrogen-bond acceptors (Lipinski definition) is 3. The molecule has 0 aliphatic carbocycles. The van der Waals surface area contributed by atoms with E-state index < -0.39 is 0 Å². The van der Waals surface area contributed by atoms with Crippen molar-refractivity contribution in [1.82, 2.24) is 14.5 Å². The summed E-state index contributed by atoms with van der Waals surface area (Å²) in [7, 11) is 4.04. The lowest BCUT2D eigenvalue weighted by molar-refractivity contribution is 0.0986. The molecule has 0 saturated carbocycles. The number of rotatable bonds is 1. The van der Waals surface area contributed by atoms with E-state index in [0.717, 1.165) is 29.8 Å². The molecule has 1 aromatic heterocycles. The van der Waals surface area contributed by atoms with Crippen molar-refractivity contribution in [2.24, 2.45) is 7.05 Å². The molecule has 24 heavy (non-hydrogen) atoms. The Balaban J connectivity index is 1.75. The van der Waals surface area contributed by atoms with Crippen LogP contribution in [0.4, 0.5) is 5.69 Å². The maximum absolute atomic E-state index is 13.1. The van der Waals surface area contributed by atoms with Crippen LogP contribution in [0, 0.1) is 0 Å². The summed E-state index contributed by atoms with van der Waals surface area (Å²) in [6.07, 6.45) is 1.77. The first-order chi connectivity index (χ1) is 11.6. The standard InChI is InChI=1S/C19H20N4O/c1-21-9-10-23(17-6-4-3-5-15(17)12-21)19(24)14-7-8-18-16(11-14)20-13-22(18)2/h3-8,11,13H,9-10,12H2,1-2H3. The molecule has 0 fully saturated rings. The van der Waals surface area contributed by atoms with E-state index in [1.807, 2.05) is 52.9 Å². The van der Waals surface area contributed by atoms with Crippen LogP contribution in [-0.4, -0.2) is 40.5 Å². The van der Waals surface area contributed by atoms with Gasteiger partial charge in [0.05, 0.1) is 17.4 Å². The van der Waals surface area contributed by atoms with Gasteiger partial charge < -0.3 is 14.4 Å². The smallest absolute Gasteiger partial charge is 0.258 e. The third-order valence-corrected chi connectivity index (χ3v) is 4.65. The Labute approximate surface area is 141 Å². The Morgan fingerprint density at radius 3 is 2.79 bits per heavy atom. The van der Waals surface area contributed by atoms with Crippen molar-refractivity contribution in [3.63, 3.8) is 0 Å². The lowest BCUT2D eigenvalue weighted by Crippen LogP contribution is -2.35. The van der Waals surface area contributed by atoms with Crippen LogP contribution in [-0.2, 0) is 13.6 Å². The summed E-state index contributed by atoms with van der Waals surface area (Å²) in [4.78, 5) is 21.6. The number of likely N-dealkylation sites (N-methyl/N-ethyl adjacent to an activating group) is 1. The Morgan fingerprint density at radius 1 is 1.08 bits per heavy atom. The molecule has 2 aromatic carbocycles. The zero-order chi connectivity index (χ0) is 16.7. The summed E-state index contributed by atoms with van der Waals surface area (Å²) in [5.74, 6) is 0.0327. The molecule has 2 heterocycles. The molecule has 1 amide bonds. The third-order valence-electron chi connectivity index (χ3n) is 4.65. The van der Waals surface area contributed by atoms with Gasteiger partial charge >= 0.3 is 0 Å². The highest BCUT2D eigenvalue weighted by Crippen LogP contribution is 2.26. The predicted molar refractivity (Wildman–Crippen MR) is 95.2 cm³/mol. The summed E-state index contributed by atoms with van der Waals surface area (Å²) < 4.78 is 1.96. The average molecular weight is 320 g/mol. The molecule has 3 aromatic rings. The molecule has 0 atom stereocenters. The highest BCUT2D eigenvalue weighted by Gasteiger charge is 2.24. The summed E-state index contributed by atoms with van der Waals surface area (Å²) in [6.45, 7) is 2.40. The number of aryl methyl sites for hydroxylation is 1. The number of benzene rings is 2. The molecule has 0 radical (unpaired) electrons. The number of para-hydroxylation sites is 1. The Hall–Kier alpha value is -2.66. The van der Waals surface area contributed by atoms with E-state index in [2.05, 4.69) is 23.0 Å². The van der Waals surface area contributed by atoms with Crippen LogP contribution in [0.2, 0.25) is 0 Å². The van der Waals surface area contributed by atoms with Gasteiger partial charge in [-0.15, -0.1) is 0 Å². The Morgan fingerprint density at radius 2 is 1.92 bits per heavy atom. The maximum atomic E-state index is 13.1. The highest BCUT2D eigenvalue weighted by molar-refractivity contribution is 6.08. The number of hydrogen-bond donors (Lipinski definition) is 0. The van der Waals surface area contributed by atoms with Gasteiger partial charge in [-0.25, -0.2) is 4.98 Å². The number of amides is 1.